The Labute approximate surface area is 434 Å². The normalized spacial score (nSPS) is 29.3. The van der Waals surface area contributed by atoms with Gasteiger partial charge in [-0.3, -0.25) is 41.6 Å². The van der Waals surface area contributed by atoms with Gasteiger partial charge in [-0.2, -0.15) is 0 Å². The van der Waals surface area contributed by atoms with Crippen LogP contribution in [0.2, 0.25) is 0 Å². The van der Waals surface area contributed by atoms with Crippen LogP contribution in [0.15, 0.2) is 52.1 Å². The minimum atomic E-state index is -5.20. The maximum absolute atomic E-state index is 14.4. The SMILES string of the molecule is Cc1cn([C@H]2C[C@H](OP(=O)([O-])OC[C@H]3O[C@@H](n4cc(C)c5nc6nc7c8ncn([C@H]9C[C@H](OP(=O)([O-])OC[C@H]%10O[C@@H](n%11cnc%12c(N)ncnc%12%11)C[C@@H]%10O)[C@@H](CO)O9)c8ncn7c6n5c4=O)C[C@@H]3O)[C@@H](CO)O2)c(=O)[nH]c1=O. The van der Waals surface area contributed by atoms with Gasteiger partial charge in [-0.25, -0.2) is 48.9 Å². The summed E-state index contributed by atoms with van der Waals surface area (Å²) in [7, 11) is -10.3. The number of nitrogens with one attached hydrogen (secondary N) is 1. The molecule has 4 fully saturated rings. The standard InChI is InChI=1S/C42H49N15O19P2/c1-17-7-53(27-3-19(60)25(73-27)11-69-77(65,66)75-21-5-29(71-23(21)9-58)52-8-18(2)39(62)51-41(52)63)42(64)57-35(17)49-34-40(57)56-16-48-37-32(38(56)50-34)47-15-55(37)30-6-22(24(10-59)72-30)76-78(67,68)70-12-26-20(61)4-28(74-26)54-14-46-31-33(43)44-13-45-36(31)54/h7-8,13-16,19-30,58-61H,3-6,9-12H2,1-2H3,(H,65,66)(H,67,68)(H2,43,44,45)(H,51,62,63)/p-2/t19-,20-,21-,22-,23+,24+,25+,26+,27+,28+,29+,30+/m0/s1. The Bertz CT molecular complexity index is 3930. The quantitative estimate of drug-likeness (QED) is 0.0533. The summed E-state index contributed by atoms with van der Waals surface area (Å²) in [6.07, 6.45) is -5.98. The van der Waals surface area contributed by atoms with Gasteiger partial charge in [-0.15, -0.1) is 0 Å². The minimum Gasteiger partial charge on any atom is -0.756 e. The number of phosphoric ester groups is 2. The summed E-state index contributed by atoms with van der Waals surface area (Å²) in [6.45, 7) is 0.485. The van der Waals surface area contributed by atoms with Crippen molar-refractivity contribution in [2.75, 3.05) is 32.2 Å². The Morgan fingerprint density at radius 2 is 1.19 bits per heavy atom. The van der Waals surface area contributed by atoms with Crippen LogP contribution in [-0.4, -0.2) is 163 Å². The first kappa shape index (κ1) is 52.4. The number of hydrogen-bond donors (Lipinski definition) is 6. The van der Waals surface area contributed by atoms with Crippen LogP contribution in [0.25, 0.3) is 44.9 Å². The highest BCUT2D eigenvalue weighted by molar-refractivity contribution is 7.46. The predicted octanol–water partition coefficient (Wildman–Crippen LogP) is -2.77. The van der Waals surface area contributed by atoms with E-state index < -0.39 is 133 Å². The van der Waals surface area contributed by atoms with Crippen molar-refractivity contribution >= 4 is 66.4 Å². The van der Waals surface area contributed by atoms with Gasteiger partial charge in [0.2, 0.25) is 0 Å². The number of nitrogen functional groups attached to an aromatic ring is 1. The van der Waals surface area contributed by atoms with Gasteiger partial charge in [-0.1, -0.05) is 0 Å². The van der Waals surface area contributed by atoms with E-state index in [-0.39, 0.29) is 70.8 Å². The summed E-state index contributed by atoms with van der Waals surface area (Å²) in [6, 6.07) is 0. The van der Waals surface area contributed by atoms with Gasteiger partial charge >= 0.3 is 11.4 Å². The first-order valence-electron chi connectivity index (χ1n) is 24.1. The summed E-state index contributed by atoms with van der Waals surface area (Å²) < 4.78 is 78.9. The Kier molecular flexibility index (Phi) is 13.3. The smallest absolute Gasteiger partial charge is 0.337 e. The number of fused-ring (bicyclic) bond motifs is 8. The average molecular weight is 1130 g/mol. The van der Waals surface area contributed by atoms with E-state index in [1.165, 1.54) is 67.1 Å². The minimum absolute atomic E-state index is 0.0567. The van der Waals surface area contributed by atoms with Gasteiger partial charge < -0.3 is 73.0 Å². The lowest BCUT2D eigenvalue weighted by atomic mass is 10.2. The molecule has 12 heterocycles. The van der Waals surface area contributed by atoms with E-state index in [0.717, 1.165) is 4.57 Å². The highest BCUT2D eigenvalue weighted by Crippen LogP contribution is 2.48. The van der Waals surface area contributed by atoms with Gasteiger partial charge in [0.05, 0.1) is 63.5 Å². The maximum atomic E-state index is 14.4. The van der Waals surface area contributed by atoms with Crippen molar-refractivity contribution in [3.8, 4) is 0 Å². The van der Waals surface area contributed by atoms with Crippen LogP contribution < -0.4 is 32.5 Å². The Hall–Kier alpha value is -6.30. The van der Waals surface area contributed by atoms with E-state index in [0.29, 0.717) is 16.7 Å². The molecule has 7 N–H and O–H groups in total. The van der Waals surface area contributed by atoms with Crippen LogP contribution in [0.3, 0.4) is 0 Å². The zero-order valence-corrected chi connectivity index (χ0v) is 42.5. The molecule has 34 nitrogen and oxygen atoms in total. The molecular weight excluding hydrogens is 1080 g/mol. The van der Waals surface area contributed by atoms with Crippen molar-refractivity contribution in [1.29, 1.82) is 0 Å². The number of aromatic nitrogens is 14. The largest absolute Gasteiger partial charge is 0.756 e. The predicted molar refractivity (Wildman–Crippen MR) is 254 cm³/mol. The van der Waals surface area contributed by atoms with Crippen LogP contribution >= 0.6 is 15.6 Å². The molecule has 0 spiro atoms. The second kappa shape index (κ2) is 19.8. The zero-order chi connectivity index (χ0) is 54.7. The molecule has 4 aliphatic rings. The number of H-pyrrole nitrogens is 1. The second-order valence-electron chi connectivity index (χ2n) is 19.1. The maximum Gasteiger partial charge on any atom is 0.337 e. The molecule has 0 amide bonds. The third kappa shape index (κ3) is 9.24. The number of phosphoric acid groups is 2. The van der Waals surface area contributed by atoms with E-state index in [1.807, 2.05) is 0 Å². The van der Waals surface area contributed by atoms with Gasteiger partial charge in [0.25, 0.3) is 21.2 Å². The van der Waals surface area contributed by atoms with E-state index in [1.54, 1.807) is 6.92 Å². The zero-order valence-electron chi connectivity index (χ0n) is 40.7. The fraction of sp³-hybridized carbons (Fsp3) is 0.524. The lowest BCUT2D eigenvalue weighted by molar-refractivity contribution is -0.235. The number of aliphatic hydroxyl groups excluding tert-OH is 4. The van der Waals surface area contributed by atoms with E-state index in [9.17, 15) is 53.7 Å². The molecule has 14 atom stereocenters. The van der Waals surface area contributed by atoms with E-state index >= 15 is 0 Å². The Morgan fingerprint density at radius 1 is 0.667 bits per heavy atom. The summed E-state index contributed by atoms with van der Waals surface area (Å²) in [5, 5.41) is 41.9. The molecular formula is C42H47N15O19P2-2. The summed E-state index contributed by atoms with van der Waals surface area (Å²) in [4.78, 5) is 97.9. The number of aromatic amines is 1. The Balaban J connectivity index is 0.715. The first-order valence-corrected chi connectivity index (χ1v) is 27.1. The highest BCUT2D eigenvalue weighted by atomic mass is 31.2. The van der Waals surface area contributed by atoms with Gasteiger partial charge in [-0.05, 0) is 13.8 Å². The van der Waals surface area contributed by atoms with Crippen molar-refractivity contribution in [2.45, 2.75) is 113 Å². The van der Waals surface area contributed by atoms with Crippen molar-refractivity contribution in [1.82, 2.24) is 66.9 Å². The van der Waals surface area contributed by atoms with Crippen LogP contribution in [0.1, 0.15) is 61.7 Å². The number of aliphatic hydroxyl groups is 4. The number of nitrogens with two attached hydrogens (primary N) is 1. The molecule has 2 unspecified atom stereocenters. The number of aryl methyl sites for hydroxylation is 2. The number of anilines is 1. The number of hydrogen-bond acceptors (Lipinski definition) is 27. The molecule has 78 heavy (non-hydrogen) atoms. The number of ether oxygens (including phenoxy) is 4. The molecule has 12 rings (SSSR count). The van der Waals surface area contributed by atoms with Gasteiger partial charge in [0.15, 0.2) is 39.6 Å². The van der Waals surface area contributed by atoms with Gasteiger partial charge in [0.1, 0.15) is 73.1 Å². The van der Waals surface area contributed by atoms with Crippen LogP contribution in [0.4, 0.5) is 5.82 Å². The molecule has 4 aliphatic heterocycles. The molecule has 0 aliphatic carbocycles. The molecule has 8 aromatic rings. The van der Waals surface area contributed by atoms with E-state index in [4.69, 9.17) is 42.8 Å². The average Bonchev–Trinajstić information content (AvgIpc) is 4.31. The fourth-order valence-electron chi connectivity index (χ4n) is 10.2. The van der Waals surface area contributed by atoms with Crippen molar-refractivity contribution in [3.63, 3.8) is 0 Å². The van der Waals surface area contributed by atoms with Crippen molar-refractivity contribution in [3.05, 3.63) is 80.2 Å². The number of rotatable bonds is 16. The summed E-state index contributed by atoms with van der Waals surface area (Å²) in [5.74, 6) is 0.149. The highest BCUT2D eigenvalue weighted by Gasteiger charge is 2.44. The van der Waals surface area contributed by atoms with Crippen LogP contribution in [0.5, 0.6) is 0 Å². The Morgan fingerprint density at radius 3 is 1.81 bits per heavy atom. The molecule has 4 saturated heterocycles. The van der Waals surface area contributed by atoms with Gasteiger partial charge in [0, 0.05) is 49.2 Å². The third-order valence-corrected chi connectivity index (χ3v) is 16.1. The molecule has 0 bridgehead atoms. The molecule has 0 saturated carbocycles. The third-order valence-electron chi connectivity index (χ3n) is 14.1. The number of imidazole rings is 4. The van der Waals surface area contributed by atoms with Crippen molar-refractivity contribution in [2.24, 2.45) is 0 Å². The van der Waals surface area contributed by atoms with Crippen molar-refractivity contribution < 1.29 is 76.4 Å². The summed E-state index contributed by atoms with van der Waals surface area (Å²) in [5.41, 5.74) is 6.37. The molecule has 0 radical (unpaired) electrons. The topological polar surface area (TPSA) is 447 Å². The molecule has 36 heteroatoms. The fourth-order valence-corrected chi connectivity index (χ4v) is 12.1. The van der Waals surface area contributed by atoms with Crippen LogP contribution in [0, 0.1) is 13.8 Å². The van der Waals surface area contributed by atoms with Crippen LogP contribution in [-0.2, 0) is 46.2 Å². The molecule has 416 valence electrons. The lowest BCUT2D eigenvalue weighted by Crippen LogP contribution is -2.33. The number of nitrogens with zero attached hydrogens (tertiary/aromatic N) is 13. The lowest BCUT2D eigenvalue weighted by Gasteiger charge is -2.29. The molecule has 8 aromatic heterocycles. The first-order chi connectivity index (χ1) is 37.3. The second-order valence-corrected chi connectivity index (χ2v) is 21.8. The summed E-state index contributed by atoms with van der Waals surface area (Å²) >= 11 is 0. The molecule has 0 aromatic carbocycles. The monoisotopic (exact) mass is 1130 g/mol. The van der Waals surface area contributed by atoms with E-state index in [2.05, 4.69) is 39.9 Å².